The van der Waals surface area contributed by atoms with Crippen LogP contribution in [0, 0.1) is 0 Å². The standard InChI is InChI=1S/C13H20O/c1-3-5-7-11-9-10-12(13(11)14)8-6-4-2/h9-10H,3-8H2,1-2H3. The molecule has 0 saturated heterocycles. The largest absolute Gasteiger partial charge is 0.289 e. The molecule has 14 heavy (non-hydrogen) atoms. The minimum atomic E-state index is 0.312. The normalized spacial score (nSPS) is 15.7. The molecule has 1 aliphatic carbocycles. The van der Waals surface area contributed by atoms with Gasteiger partial charge in [0.25, 0.3) is 0 Å². The van der Waals surface area contributed by atoms with Crippen LogP contribution in [-0.2, 0) is 4.79 Å². The zero-order chi connectivity index (χ0) is 10.4. The lowest BCUT2D eigenvalue weighted by atomic mass is 10.0. The molecular weight excluding hydrogens is 172 g/mol. The van der Waals surface area contributed by atoms with Crippen LogP contribution in [0.15, 0.2) is 23.3 Å². The number of carbonyl (C=O) groups is 1. The molecule has 0 saturated carbocycles. The summed E-state index contributed by atoms with van der Waals surface area (Å²) in [7, 11) is 0. The van der Waals surface area contributed by atoms with E-state index in [1.807, 2.05) is 12.2 Å². The first-order chi connectivity index (χ1) is 6.79. The van der Waals surface area contributed by atoms with Crippen molar-refractivity contribution < 1.29 is 4.79 Å². The lowest BCUT2D eigenvalue weighted by molar-refractivity contribution is -0.112. The van der Waals surface area contributed by atoms with E-state index >= 15 is 0 Å². The summed E-state index contributed by atoms with van der Waals surface area (Å²) in [5.74, 6) is 0.312. The van der Waals surface area contributed by atoms with Gasteiger partial charge in [0, 0.05) is 0 Å². The van der Waals surface area contributed by atoms with Gasteiger partial charge in [-0.1, -0.05) is 38.8 Å². The summed E-state index contributed by atoms with van der Waals surface area (Å²) in [6.45, 7) is 4.32. The number of ketones is 1. The zero-order valence-electron chi connectivity index (χ0n) is 9.31. The van der Waals surface area contributed by atoms with Crippen LogP contribution in [0.3, 0.4) is 0 Å². The van der Waals surface area contributed by atoms with Gasteiger partial charge >= 0.3 is 0 Å². The van der Waals surface area contributed by atoms with Crippen molar-refractivity contribution in [2.24, 2.45) is 0 Å². The summed E-state index contributed by atoms with van der Waals surface area (Å²) in [6.07, 6.45) is 10.5. The zero-order valence-corrected chi connectivity index (χ0v) is 9.31. The van der Waals surface area contributed by atoms with Gasteiger partial charge in [0.05, 0.1) is 0 Å². The maximum atomic E-state index is 11.8. The molecule has 0 amide bonds. The number of unbranched alkanes of at least 4 members (excludes halogenated alkanes) is 2. The van der Waals surface area contributed by atoms with Crippen molar-refractivity contribution in [1.29, 1.82) is 0 Å². The number of rotatable bonds is 6. The van der Waals surface area contributed by atoms with E-state index in [1.54, 1.807) is 0 Å². The summed E-state index contributed by atoms with van der Waals surface area (Å²) >= 11 is 0. The van der Waals surface area contributed by atoms with Crippen molar-refractivity contribution in [2.75, 3.05) is 0 Å². The van der Waals surface area contributed by atoms with Crippen LogP contribution >= 0.6 is 0 Å². The maximum absolute atomic E-state index is 11.8. The first kappa shape index (κ1) is 11.2. The molecule has 0 aromatic carbocycles. The number of carbonyl (C=O) groups excluding carboxylic acids is 1. The predicted molar refractivity (Wildman–Crippen MR) is 60.2 cm³/mol. The molecule has 0 bridgehead atoms. The van der Waals surface area contributed by atoms with Gasteiger partial charge in [-0.2, -0.15) is 0 Å². The second-order valence-electron chi connectivity index (χ2n) is 3.92. The van der Waals surface area contributed by atoms with Crippen molar-refractivity contribution in [1.82, 2.24) is 0 Å². The van der Waals surface area contributed by atoms with Gasteiger partial charge in [-0.3, -0.25) is 4.79 Å². The van der Waals surface area contributed by atoms with Crippen molar-refractivity contribution >= 4 is 5.78 Å². The Bertz CT molecular complexity index is 232. The number of hydrogen-bond acceptors (Lipinski definition) is 1. The molecule has 0 unspecified atom stereocenters. The third-order valence-electron chi connectivity index (χ3n) is 2.67. The van der Waals surface area contributed by atoms with E-state index in [9.17, 15) is 4.79 Å². The molecule has 1 nitrogen and oxygen atoms in total. The lowest BCUT2D eigenvalue weighted by Crippen LogP contribution is -2.02. The number of Topliss-reactive ketones (excluding diaryl/α,β-unsaturated/α-hetero) is 1. The average molecular weight is 192 g/mol. The van der Waals surface area contributed by atoms with Gasteiger partial charge in [0.2, 0.25) is 0 Å². The van der Waals surface area contributed by atoms with Crippen LogP contribution in [0.25, 0.3) is 0 Å². The fraction of sp³-hybridized carbons (Fsp3) is 0.615. The van der Waals surface area contributed by atoms with Crippen molar-refractivity contribution in [2.45, 2.75) is 52.4 Å². The first-order valence-corrected chi connectivity index (χ1v) is 5.74. The van der Waals surface area contributed by atoms with Gasteiger partial charge < -0.3 is 0 Å². The average Bonchev–Trinajstić information content (AvgIpc) is 2.54. The summed E-state index contributed by atoms with van der Waals surface area (Å²) in [5.41, 5.74) is 2.05. The highest BCUT2D eigenvalue weighted by Gasteiger charge is 2.17. The van der Waals surface area contributed by atoms with Crippen molar-refractivity contribution in [3.63, 3.8) is 0 Å². The molecule has 0 heterocycles. The van der Waals surface area contributed by atoms with Crippen LogP contribution in [-0.4, -0.2) is 5.78 Å². The molecule has 0 N–H and O–H groups in total. The van der Waals surface area contributed by atoms with E-state index in [2.05, 4.69) is 13.8 Å². The predicted octanol–water partition coefficient (Wildman–Crippen LogP) is 3.80. The van der Waals surface area contributed by atoms with Crippen LogP contribution in [0.2, 0.25) is 0 Å². The Morgan fingerprint density at radius 1 is 0.929 bits per heavy atom. The minimum Gasteiger partial charge on any atom is -0.289 e. The molecule has 78 valence electrons. The molecule has 1 heteroatoms. The summed E-state index contributed by atoms with van der Waals surface area (Å²) in [6, 6.07) is 0. The lowest BCUT2D eigenvalue weighted by Gasteiger charge is -2.02. The van der Waals surface area contributed by atoms with Gasteiger partial charge in [0.15, 0.2) is 5.78 Å². The Kier molecular flexibility index (Phi) is 4.64. The molecule has 0 aromatic rings. The van der Waals surface area contributed by atoms with E-state index in [1.165, 1.54) is 0 Å². The van der Waals surface area contributed by atoms with Gasteiger partial charge in [-0.15, -0.1) is 0 Å². The van der Waals surface area contributed by atoms with Gasteiger partial charge in [-0.05, 0) is 36.8 Å². The summed E-state index contributed by atoms with van der Waals surface area (Å²) in [4.78, 5) is 11.8. The third-order valence-corrected chi connectivity index (χ3v) is 2.67. The van der Waals surface area contributed by atoms with Crippen LogP contribution in [0.5, 0.6) is 0 Å². The molecule has 0 aromatic heterocycles. The Hall–Kier alpha value is -0.850. The Labute approximate surface area is 86.9 Å². The molecule has 0 atom stereocenters. The van der Waals surface area contributed by atoms with E-state index in [-0.39, 0.29) is 0 Å². The molecule has 0 radical (unpaired) electrons. The molecule has 0 spiro atoms. The van der Waals surface area contributed by atoms with Crippen LogP contribution < -0.4 is 0 Å². The monoisotopic (exact) mass is 192 g/mol. The Balaban J connectivity index is 2.38. The van der Waals surface area contributed by atoms with Crippen LogP contribution in [0.1, 0.15) is 52.4 Å². The molecular formula is C13H20O. The van der Waals surface area contributed by atoms with Crippen molar-refractivity contribution in [3.05, 3.63) is 23.3 Å². The summed E-state index contributed by atoms with van der Waals surface area (Å²) < 4.78 is 0. The maximum Gasteiger partial charge on any atom is 0.184 e. The molecule has 1 rings (SSSR count). The number of hydrogen-bond donors (Lipinski definition) is 0. The minimum absolute atomic E-state index is 0.312. The van der Waals surface area contributed by atoms with E-state index < -0.39 is 0 Å². The van der Waals surface area contributed by atoms with Gasteiger partial charge in [0.1, 0.15) is 0 Å². The summed E-state index contributed by atoms with van der Waals surface area (Å²) in [5, 5.41) is 0. The highest BCUT2D eigenvalue weighted by atomic mass is 16.1. The fourth-order valence-electron chi connectivity index (χ4n) is 1.69. The number of allylic oxidation sites excluding steroid dienone is 4. The smallest absolute Gasteiger partial charge is 0.184 e. The molecule has 1 aliphatic rings. The topological polar surface area (TPSA) is 17.1 Å². The second kappa shape index (κ2) is 5.79. The molecule has 0 fully saturated rings. The quantitative estimate of drug-likeness (QED) is 0.625. The first-order valence-electron chi connectivity index (χ1n) is 5.74. The highest BCUT2D eigenvalue weighted by Crippen LogP contribution is 2.23. The highest BCUT2D eigenvalue weighted by molar-refractivity contribution is 6.11. The van der Waals surface area contributed by atoms with E-state index in [0.717, 1.165) is 49.7 Å². The van der Waals surface area contributed by atoms with Gasteiger partial charge in [-0.25, -0.2) is 0 Å². The Morgan fingerprint density at radius 3 is 1.71 bits per heavy atom. The van der Waals surface area contributed by atoms with E-state index in [0.29, 0.717) is 5.78 Å². The SMILES string of the molecule is CCCCC1=CC=C(CCCC)C1=O. The van der Waals surface area contributed by atoms with Crippen LogP contribution in [0.4, 0.5) is 0 Å². The Morgan fingerprint density at radius 2 is 1.36 bits per heavy atom. The fourth-order valence-corrected chi connectivity index (χ4v) is 1.69. The van der Waals surface area contributed by atoms with E-state index in [4.69, 9.17) is 0 Å². The third kappa shape index (κ3) is 2.83. The second-order valence-corrected chi connectivity index (χ2v) is 3.92. The molecule has 0 aliphatic heterocycles. The van der Waals surface area contributed by atoms with Crippen molar-refractivity contribution in [3.8, 4) is 0 Å².